The van der Waals surface area contributed by atoms with Gasteiger partial charge in [0.25, 0.3) is 0 Å². The number of nitrogens with one attached hydrogen (secondary N) is 1. The first-order valence-corrected chi connectivity index (χ1v) is 5.14. The van der Waals surface area contributed by atoms with Crippen LogP contribution >= 0.6 is 15.9 Å². The third kappa shape index (κ3) is 1.24. The van der Waals surface area contributed by atoms with Crippen LogP contribution in [0, 0.1) is 11.6 Å². The van der Waals surface area contributed by atoms with Crippen LogP contribution in [0.15, 0.2) is 10.5 Å². The zero-order valence-corrected chi connectivity index (χ0v) is 9.50. The summed E-state index contributed by atoms with van der Waals surface area (Å²) in [4.78, 5) is 0. The van der Waals surface area contributed by atoms with Gasteiger partial charge in [-0.1, -0.05) is 13.8 Å². The molecule has 0 unspecified atom stereocenters. The van der Waals surface area contributed by atoms with Crippen molar-refractivity contribution in [2.45, 2.75) is 19.3 Å². The zero-order valence-electron chi connectivity index (χ0n) is 7.92. The molecule has 0 aromatic heterocycles. The average Bonchev–Trinajstić information content (AvgIpc) is 2.38. The number of benzene rings is 1. The summed E-state index contributed by atoms with van der Waals surface area (Å²) in [6.45, 7) is 4.53. The minimum Gasteiger partial charge on any atom is -0.382 e. The molecule has 0 spiro atoms. The van der Waals surface area contributed by atoms with Crippen LogP contribution in [-0.2, 0) is 5.41 Å². The molecule has 1 N–H and O–H groups in total. The highest BCUT2D eigenvalue weighted by molar-refractivity contribution is 9.10. The summed E-state index contributed by atoms with van der Waals surface area (Å²) in [5.74, 6) is -1.07. The van der Waals surface area contributed by atoms with Crippen molar-refractivity contribution in [2.75, 3.05) is 11.9 Å². The monoisotopic (exact) mass is 261 g/mol. The van der Waals surface area contributed by atoms with E-state index in [1.807, 2.05) is 13.8 Å². The summed E-state index contributed by atoms with van der Waals surface area (Å²) in [6.07, 6.45) is 0. The first-order valence-electron chi connectivity index (χ1n) is 4.35. The topological polar surface area (TPSA) is 12.0 Å². The predicted octanol–water partition coefficient (Wildman–Crippen LogP) is 3.43. The highest BCUT2D eigenvalue weighted by Gasteiger charge is 2.35. The highest BCUT2D eigenvalue weighted by Crippen LogP contribution is 2.43. The van der Waals surface area contributed by atoms with E-state index in [0.717, 1.165) is 6.07 Å². The zero-order chi connectivity index (χ0) is 10.5. The molecule has 1 heterocycles. The Morgan fingerprint density at radius 3 is 2.64 bits per heavy atom. The Morgan fingerprint density at radius 2 is 2.00 bits per heavy atom. The fourth-order valence-corrected chi connectivity index (χ4v) is 2.65. The maximum atomic E-state index is 13.4. The summed E-state index contributed by atoms with van der Waals surface area (Å²) in [5.41, 5.74) is 0.871. The molecule has 1 aromatic rings. The second kappa shape index (κ2) is 2.92. The van der Waals surface area contributed by atoms with E-state index in [0.29, 0.717) is 22.3 Å². The van der Waals surface area contributed by atoms with Crippen molar-refractivity contribution in [3.63, 3.8) is 0 Å². The first-order chi connectivity index (χ1) is 6.43. The summed E-state index contributed by atoms with van der Waals surface area (Å²) >= 11 is 3.16. The van der Waals surface area contributed by atoms with Crippen LogP contribution in [0.4, 0.5) is 14.5 Å². The van der Waals surface area contributed by atoms with Gasteiger partial charge in [-0.15, -0.1) is 0 Å². The van der Waals surface area contributed by atoms with E-state index >= 15 is 0 Å². The lowest BCUT2D eigenvalue weighted by molar-refractivity contribution is 0.554. The van der Waals surface area contributed by atoms with Gasteiger partial charge in [0.1, 0.15) is 11.6 Å². The third-order valence-electron chi connectivity index (χ3n) is 2.56. The van der Waals surface area contributed by atoms with Crippen LogP contribution in [0.3, 0.4) is 0 Å². The van der Waals surface area contributed by atoms with Crippen LogP contribution in [0.5, 0.6) is 0 Å². The average molecular weight is 262 g/mol. The molecule has 14 heavy (non-hydrogen) atoms. The maximum absolute atomic E-state index is 13.4. The second-order valence-electron chi connectivity index (χ2n) is 4.14. The van der Waals surface area contributed by atoms with Crippen molar-refractivity contribution >= 4 is 21.6 Å². The van der Waals surface area contributed by atoms with E-state index in [-0.39, 0.29) is 5.41 Å². The Kier molecular flexibility index (Phi) is 2.07. The fraction of sp³-hybridized carbons (Fsp3) is 0.400. The molecule has 1 aromatic carbocycles. The molecular weight excluding hydrogens is 252 g/mol. The standard InChI is InChI=1S/C10H10BrF2N/c1-10(2)4-14-9-6(13)3-5(12)8(11)7(9)10/h3,14H,4H2,1-2H3. The highest BCUT2D eigenvalue weighted by atomic mass is 79.9. The van der Waals surface area contributed by atoms with Crippen LogP contribution < -0.4 is 5.32 Å². The number of hydrogen-bond donors (Lipinski definition) is 1. The van der Waals surface area contributed by atoms with E-state index in [4.69, 9.17) is 0 Å². The minimum atomic E-state index is -0.543. The van der Waals surface area contributed by atoms with Crippen molar-refractivity contribution in [2.24, 2.45) is 0 Å². The normalized spacial score (nSPS) is 17.8. The molecule has 0 bridgehead atoms. The number of anilines is 1. The molecule has 76 valence electrons. The van der Waals surface area contributed by atoms with Gasteiger partial charge in [0.2, 0.25) is 0 Å². The van der Waals surface area contributed by atoms with Gasteiger partial charge in [-0.25, -0.2) is 8.78 Å². The van der Waals surface area contributed by atoms with Crippen molar-refractivity contribution < 1.29 is 8.78 Å². The Bertz CT molecular complexity index is 402. The van der Waals surface area contributed by atoms with E-state index in [2.05, 4.69) is 21.2 Å². The molecule has 0 amide bonds. The number of rotatable bonds is 0. The van der Waals surface area contributed by atoms with Crippen LogP contribution in [0.2, 0.25) is 0 Å². The molecule has 0 fully saturated rings. The fourth-order valence-electron chi connectivity index (χ4n) is 1.80. The Balaban J connectivity index is 2.75. The molecule has 0 radical (unpaired) electrons. The van der Waals surface area contributed by atoms with Crippen LogP contribution in [-0.4, -0.2) is 6.54 Å². The summed E-state index contributed by atoms with van der Waals surface area (Å²) < 4.78 is 27.0. The third-order valence-corrected chi connectivity index (χ3v) is 3.33. The first kappa shape index (κ1) is 9.90. The Hall–Kier alpha value is -0.640. The Labute approximate surface area is 89.6 Å². The van der Waals surface area contributed by atoms with E-state index in [9.17, 15) is 8.78 Å². The predicted molar refractivity (Wildman–Crippen MR) is 55.6 cm³/mol. The van der Waals surface area contributed by atoms with Crippen molar-refractivity contribution in [3.8, 4) is 0 Å². The molecule has 0 aliphatic carbocycles. The molecular formula is C10H10BrF2N. The molecule has 1 nitrogen and oxygen atoms in total. The van der Waals surface area contributed by atoms with Gasteiger partial charge in [0.05, 0.1) is 10.2 Å². The molecule has 0 saturated heterocycles. The molecule has 0 saturated carbocycles. The van der Waals surface area contributed by atoms with Gasteiger partial charge in [-0.2, -0.15) is 0 Å². The van der Waals surface area contributed by atoms with E-state index in [1.165, 1.54) is 0 Å². The summed E-state index contributed by atoms with van der Waals surface area (Å²) in [7, 11) is 0. The lowest BCUT2D eigenvalue weighted by atomic mass is 9.87. The number of halogens is 3. The SMILES string of the molecule is CC1(C)CNc2c(F)cc(F)c(Br)c21. The molecule has 4 heteroatoms. The molecule has 1 aliphatic rings. The van der Waals surface area contributed by atoms with E-state index in [1.54, 1.807) is 0 Å². The van der Waals surface area contributed by atoms with Crippen molar-refractivity contribution in [1.29, 1.82) is 0 Å². The van der Waals surface area contributed by atoms with Crippen molar-refractivity contribution in [1.82, 2.24) is 0 Å². The maximum Gasteiger partial charge on any atom is 0.149 e. The van der Waals surface area contributed by atoms with Gasteiger partial charge in [-0.3, -0.25) is 0 Å². The van der Waals surface area contributed by atoms with Gasteiger partial charge in [0, 0.05) is 23.6 Å². The van der Waals surface area contributed by atoms with Crippen LogP contribution in [0.25, 0.3) is 0 Å². The smallest absolute Gasteiger partial charge is 0.149 e. The quantitative estimate of drug-likeness (QED) is 0.706. The summed E-state index contributed by atoms with van der Waals surface area (Å²) in [6, 6.07) is 0.900. The minimum absolute atomic E-state index is 0.239. The Morgan fingerprint density at radius 1 is 1.36 bits per heavy atom. The lowest BCUT2D eigenvalue weighted by Gasteiger charge is -2.18. The van der Waals surface area contributed by atoms with Crippen LogP contribution in [0.1, 0.15) is 19.4 Å². The molecule has 0 atom stereocenters. The van der Waals surface area contributed by atoms with Crippen molar-refractivity contribution in [3.05, 3.63) is 27.7 Å². The lowest BCUT2D eigenvalue weighted by Crippen LogP contribution is -2.19. The molecule has 1 aliphatic heterocycles. The largest absolute Gasteiger partial charge is 0.382 e. The van der Waals surface area contributed by atoms with Gasteiger partial charge in [0.15, 0.2) is 0 Å². The second-order valence-corrected chi connectivity index (χ2v) is 4.93. The van der Waals surface area contributed by atoms with Gasteiger partial charge < -0.3 is 5.32 Å². The van der Waals surface area contributed by atoms with Gasteiger partial charge in [-0.05, 0) is 15.9 Å². The van der Waals surface area contributed by atoms with Gasteiger partial charge >= 0.3 is 0 Å². The number of fused-ring (bicyclic) bond motifs is 1. The number of hydrogen-bond acceptors (Lipinski definition) is 1. The molecule has 2 rings (SSSR count). The van der Waals surface area contributed by atoms with E-state index < -0.39 is 11.6 Å². The summed E-state index contributed by atoms with van der Waals surface area (Å²) in [5, 5.41) is 2.96.